The highest BCUT2D eigenvalue weighted by Gasteiger charge is 2.30. The van der Waals surface area contributed by atoms with Crippen molar-refractivity contribution in [1.29, 1.82) is 0 Å². The molecule has 2 aromatic heterocycles. The van der Waals surface area contributed by atoms with Crippen LogP contribution in [0.25, 0.3) is 0 Å². The second-order valence-corrected chi connectivity index (χ2v) is 7.42. The van der Waals surface area contributed by atoms with Gasteiger partial charge in [-0.2, -0.15) is 9.40 Å². The summed E-state index contributed by atoms with van der Waals surface area (Å²) < 4.78 is 24.4. The summed E-state index contributed by atoms with van der Waals surface area (Å²) >= 11 is 1.33. The van der Waals surface area contributed by atoms with Gasteiger partial charge in [0.15, 0.2) is 5.82 Å². The van der Waals surface area contributed by atoms with Crippen molar-refractivity contribution in [3.63, 3.8) is 0 Å². The summed E-state index contributed by atoms with van der Waals surface area (Å²) in [6.07, 6.45) is 1.16. The highest BCUT2D eigenvalue weighted by molar-refractivity contribution is 7.88. The Morgan fingerprint density at radius 2 is 2.30 bits per heavy atom. The highest BCUT2D eigenvalue weighted by Crippen LogP contribution is 2.29. The van der Waals surface area contributed by atoms with E-state index in [1.54, 1.807) is 12.1 Å². The molecule has 0 fully saturated rings. The normalized spacial score (nSPS) is 15.2. The standard InChI is InChI=1S/C11H12N4O3S2/c1-20(17,18)15-5-7-8(6-15)13-14-10(7)12-11(16)9-3-2-4-19-9/h2-4H,5-6H2,1H3,(H2,12,13,14,16). The summed E-state index contributed by atoms with van der Waals surface area (Å²) in [7, 11) is -3.25. The highest BCUT2D eigenvalue weighted by atomic mass is 32.2. The maximum Gasteiger partial charge on any atom is 0.266 e. The number of rotatable bonds is 3. The maximum atomic E-state index is 12.0. The molecule has 0 unspecified atom stereocenters. The predicted molar refractivity (Wildman–Crippen MR) is 75.0 cm³/mol. The van der Waals surface area contributed by atoms with Gasteiger partial charge in [-0.15, -0.1) is 11.3 Å². The molecule has 0 aliphatic carbocycles. The fourth-order valence-corrected chi connectivity index (χ4v) is 3.37. The summed E-state index contributed by atoms with van der Waals surface area (Å²) in [4.78, 5) is 12.5. The average molecular weight is 312 g/mol. The number of aromatic amines is 1. The van der Waals surface area contributed by atoms with Gasteiger partial charge in [0.05, 0.1) is 23.4 Å². The van der Waals surface area contributed by atoms with E-state index in [1.807, 2.05) is 5.38 Å². The van der Waals surface area contributed by atoms with Crippen LogP contribution in [0.4, 0.5) is 5.82 Å². The Hall–Kier alpha value is -1.71. The molecule has 0 radical (unpaired) electrons. The molecule has 0 bridgehead atoms. The topological polar surface area (TPSA) is 95.2 Å². The number of thiophene rings is 1. The molecule has 1 aliphatic rings. The third kappa shape index (κ3) is 2.35. The number of hydrogen-bond donors (Lipinski definition) is 2. The van der Waals surface area contributed by atoms with Crippen molar-refractivity contribution < 1.29 is 13.2 Å². The van der Waals surface area contributed by atoms with E-state index in [-0.39, 0.29) is 19.0 Å². The molecule has 1 aliphatic heterocycles. The zero-order valence-electron chi connectivity index (χ0n) is 10.6. The number of fused-ring (bicyclic) bond motifs is 1. The Labute approximate surface area is 119 Å². The van der Waals surface area contributed by atoms with Gasteiger partial charge in [-0.05, 0) is 11.4 Å². The van der Waals surface area contributed by atoms with E-state index in [0.717, 1.165) is 17.5 Å². The fourth-order valence-electron chi connectivity index (χ4n) is 2.03. The number of carbonyl (C=O) groups excluding carboxylic acids is 1. The number of sulfonamides is 1. The van der Waals surface area contributed by atoms with E-state index < -0.39 is 10.0 Å². The Kier molecular flexibility index (Phi) is 3.11. The van der Waals surface area contributed by atoms with Crippen LogP contribution in [0.2, 0.25) is 0 Å². The van der Waals surface area contributed by atoms with Crippen LogP contribution in [0.5, 0.6) is 0 Å². The summed E-state index contributed by atoms with van der Waals surface area (Å²) in [5.74, 6) is 0.150. The lowest BCUT2D eigenvalue weighted by atomic mass is 10.3. The smallest absolute Gasteiger partial charge is 0.266 e. The second-order valence-electron chi connectivity index (χ2n) is 4.49. The molecule has 9 heteroatoms. The predicted octanol–water partition coefficient (Wildman–Crippen LogP) is 0.999. The van der Waals surface area contributed by atoms with E-state index >= 15 is 0 Å². The van der Waals surface area contributed by atoms with Crippen molar-refractivity contribution in [2.24, 2.45) is 0 Å². The minimum Gasteiger partial charge on any atom is -0.304 e. The lowest BCUT2D eigenvalue weighted by Gasteiger charge is -2.11. The van der Waals surface area contributed by atoms with Crippen LogP contribution in [-0.2, 0) is 23.1 Å². The summed E-state index contributed by atoms with van der Waals surface area (Å²) in [5.41, 5.74) is 1.44. The zero-order chi connectivity index (χ0) is 14.3. The molecule has 0 aromatic carbocycles. The van der Waals surface area contributed by atoms with Gasteiger partial charge in [-0.25, -0.2) is 8.42 Å². The van der Waals surface area contributed by atoms with Gasteiger partial charge < -0.3 is 5.32 Å². The zero-order valence-corrected chi connectivity index (χ0v) is 12.2. The lowest BCUT2D eigenvalue weighted by molar-refractivity contribution is 0.103. The number of carbonyl (C=O) groups is 1. The largest absolute Gasteiger partial charge is 0.304 e. The molecule has 2 aromatic rings. The first-order valence-corrected chi connectivity index (χ1v) is 8.54. The van der Waals surface area contributed by atoms with Crippen molar-refractivity contribution in [2.75, 3.05) is 11.6 Å². The molecule has 0 saturated heterocycles. The van der Waals surface area contributed by atoms with E-state index in [2.05, 4.69) is 15.5 Å². The number of anilines is 1. The molecule has 20 heavy (non-hydrogen) atoms. The first-order chi connectivity index (χ1) is 9.45. The van der Waals surface area contributed by atoms with Gasteiger partial charge in [-0.1, -0.05) is 6.07 Å². The molecule has 0 spiro atoms. The van der Waals surface area contributed by atoms with Crippen LogP contribution < -0.4 is 5.32 Å². The lowest BCUT2D eigenvalue weighted by Crippen LogP contribution is -2.24. The Morgan fingerprint density at radius 1 is 1.50 bits per heavy atom. The molecule has 106 valence electrons. The molecule has 3 heterocycles. The number of nitrogens with one attached hydrogen (secondary N) is 2. The van der Waals surface area contributed by atoms with Crippen molar-refractivity contribution in [3.8, 4) is 0 Å². The molecule has 0 saturated carbocycles. The van der Waals surface area contributed by atoms with E-state index in [1.165, 1.54) is 15.6 Å². The summed E-state index contributed by atoms with van der Waals surface area (Å²) in [6.45, 7) is 0.487. The van der Waals surface area contributed by atoms with Crippen LogP contribution in [0, 0.1) is 0 Å². The van der Waals surface area contributed by atoms with Gasteiger partial charge in [0.25, 0.3) is 5.91 Å². The molecule has 0 atom stereocenters. The van der Waals surface area contributed by atoms with Gasteiger partial charge in [0.2, 0.25) is 10.0 Å². The minimum atomic E-state index is -3.25. The molecular formula is C11H12N4O3S2. The van der Waals surface area contributed by atoms with Crippen LogP contribution in [-0.4, -0.2) is 35.1 Å². The Morgan fingerprint density at radius 3 is 2.95 bits per heavy atom. The minimum absolute atomic E-state index is 0.227. The number of H-pyrrole nitrogens is 1. The molecule has 3 rings (SSSR count). The van der Waals surface area contributed by atoms with Gasteiger partial charge in [0.1, 0.15) is 0 Å². The van der Waals surface area contributed by atoms with Crippen molar-refractivity contribution >= 4 is 33.1 Å². The van der Waals surface area contributed by atoms with E-state index in [9.17, 15) is 13.2 Å². The van der Waals surface area contributed by atoms with Gasteiger partial charge in [-0.3, -0.25) is 9.89 Å². The van der Waals surface area contributed by atoms with Crippen LogP contribution in [0.1, 0.15) is 20.9 Å². The molecule has 1 amide bonds. The number of nitrogens with zero attached hydrogens (tertiary/aromatic N) is 2. The van der Waals surface area contributed by atoms with Crippen molar-refractivity contribution in [2.45, 2.75) is 13.1 Å². The van der Waals surface area contributed by atoms with Gasteiger partial charge >= 0.3 is 0 Å². The third-order valence-electron chi connectivity index (χ3n) is 3.07. The SMILES string of the molecule is CS(=O)(=O)N1Cc2[nH]nc(NC(=O)c3cccs3)c2C1. The van der Waals surface area contributed by atoms with Crippen LogP contribution in [0.3, 0.4) is 0 Å². The first-order valence-electron chi connectivity index (χ1n) is 5.81. The average Bonchev–Trinajstić information content (AvgIpc) is 3.03. The molecule has 7 nitrogen and oxygen atoms in total. The first kappa shape index (κ1) is 13.3. The number of amides is 1. The third-order valence-corrected chi connectivity index (χ3v) is 5.13. The fraction of sp³-hybridized carbons (Fsp3) is 0.273. The van der Waals surface area contributed by atoms with E-state index in [0.29, 0.717) is 10.7 Å². The second kappa shape index (κ2) is 4.69. The van der Waals surface area contributed by atoms with Crippen LogP contribution in [0.15, 0.2) is 17.5 Å². The Balaban J connectivity index is 1.81. The van der Waals surface area contributed by atoms with Gasteiger partial charge in [0, 0.05) is 12.1 Å². The van der Waals surface area contributed by atoms with Crippen molar-refractivity contribution in [1.82, 2.24) is 14.5 Å². The molecule has 2 N–H and O–H groups in total. The van der Waals surface area contributed by atoms with E-state index in [4.69, 9.17) is 0 Å². The summed E-state index contributed by atoms with van der Waals surface area (Å²) in [6, 6.07) is 3.51. The maximum absolute atomic E-state index is 12.0. The van der Waals surface area contributed by atoms with Crippen LogP contribution >= 0.6 is 11.3 Å². The summed E-state index contributed by atoms with van der Waals surface area (Å²) in [5, 5.41) is 11.3. The Bertz CT molecular complexity index is 749. The molecular weight excluding hydrogens is 300 g/mol. The van der Waals surface area contributed by atoms with Crippen molar-refractivity contribution in [3.05, 3.63) is 33.6 Å². The number of hydrogen-bond acceptors (Lipinski definition) is 5. The quantitative estimate of drug-likeness (QED) is 0.884. The number of aromatic nitrogens is 2. The monoisotopic (exact) mass is 312 g/mol.